The number of carbonyl (C=O) groups is 4. The fourth-order valence-electron chi connectivity index (χ4n) is 5.46. The van der Waals surface area contributed by atoms with Crippen LogP contribution >= 0.6 is 0 Å². The number of nitrogens with zero attached hydrogens (tertiary/aromatic N) is 5. The van der Waals surface area contributed by atoms with Gasteiger partial charge in [0.2, 0.25) is 17.7 Å². The molecule has 3 heterocycles. The number of aromatic nitrogens is 4. The van der Waals surface area contributed by atoms with Gasteiger partial charge in [0, 0.05) is 49.3 Å². The number of nitrogens with one attached hydrogen (secondary N) is 2. The van der Waals surface area contributed by atoms with Gasteiger partial charge in [-0.05, 0) is 24.5 Å². The number of hydrogen-bond acceptors (Lipinski definition) is 7. The molecule has 2 N–H and O–H groups in total. The SMILES string of the molecule is COC(=O)CNC(=O)CNC(=O)Cn1nc(C2CCN(C(C)=O)CC2)c2c(-c3ccc4cnn(C)c4c3F)cccc21. The molecule has 13 heteroatoms. The molecule has 0 saturated carbocycles. The van der Waals surface area contributed by atoms with Gasteiger partial charge in [-0.1, -0.05) is 24.3 Å². The van der Waals surface area contributed by atoms with E-state index in [-0.39, 0.29) is 31.5 Å². The van der Waals surface area contributed by atoms with Gasteiger partial charge in [-0.15, -0.1) is 0 Å². The van der Waals surface area contributed by atoms with E-state index >= 15 is 4.39 Å². The smallest absolute Gasteiger partial charge is 0.325 e. The minimum absolute atomic E-state index is 0.0128. The number of likely N-dealkylation sites (tertiary alicyclic amines) is 1. The molecule has 5 rings (SSSR count). The Hall–Kier alpha value is -4.81. The van der Waals surface area contributed by atoms with Crippen LogP contribution in [0.3, 0.4) is 0 Å². The number of methoxy groups -OCH3 is 1. The van der Waals surface area contributed by atoms with E-state index in [0.717, 1.165) is 11.1 Å². The fraction of sp³-hybridized carbons (Fsp3) is 0.379. The predicted molar refractivity (Wildman–Crippen MR) is 152 cm³/mol. The maximum absolute atomic E-state index is 16.0. The molecule has 0 spiro atoms. The number of esters is 1. The zero-order chi connectivity index (χ0) is 30.0. The van der Waals surface area contributed by atoms with Crippen molar-refractivity contribution < 1.29 is 28.3 Å². The van der Waals surface area contributed by atoms with E-state index in [9.17, 15) is 19.2 Å². The number of piperidine rings is 1. The third-order valence-corrected chi connectivity index (χ3v) is 7.66. The van der Waals surface area contributed by atoms with Gasteiger partial charge < -0.3 is 20.3 Å². The van der Waals surface area contributed by atoms with Crippen LogP contribution in [0.15, 0.2) is 36.5 Å². The van der Waals surface area contributed by atoms with Crippen molar-refractivity contribution in [3.05, 3.63) is 48.0 Å². The molecular formula is C29H32FN7O5. The summed E-state index contributed by atoms with van der Waals surface area (Å²) < 4.78 is 23.5. The Morgan fingerprint density at radius 2 is 1.76 bits per heavy atom. The van der Waals surface area contributed by atoms with E-state index in [1.54, 1.807) is 41.9 Å². The van der Waals surface area contributed by atoms with E-state index in [1.807, 2.05) is 18.2 Å². The van der Waals surface area contributed by atoms with Gasteiger partial charge in [0.1, 0.15) is 18.6 Å². The monoisotopic (exact) mass is 577 g/mol. The highest BCUT2D eigenvalue weighted by molar-refractivity contribution is 6.00. The number of amides is 3. The average molecular weight is 578 g/mol. The molecule has 1 aliphatic rings. The van der Waals surface area contributed by atoms with Crippen molar-refractivity contribution in [3.63, 3.8) is 0 Å². The molecule has 0 unspecified atom stereocenters. The second kappa shape index (κ2) is 12.0. The summed E-state index contributed by atoms with van der Waals surface area (Å²) in [6.45, 7) is 1.89. The highest BCUT2D eigenvalue weighted by Gasteiger charge is 2.29. The molecule has 1 aliphatic heterocycles. The van der Waals surface area contributed by atoms with E-state index in [2.05, 4.69) is 20.5 Å². The highest BCUT2D eigenvalue weighted by atomic mass is 19.1. The Kier molecular flexibility index (Phi) is 8.18. The fourth-order valence-corrected chi connectivity index (χ4v) is 5.46. The molecule has 1 fully saturated rings. The Morgan fingerprint density at radius 1 is 1.02 bits per heavy atom. The van der Waals surface area contributed by atoms with Gasteiger partial charge in [-0.3, -0.25) is 28.5 Å². The van der Waals surface area contributed by atoms with Crippen molar-refractivity contribution in [3.8, 4) is 11.1 Å². The second-order valence-corrected chi connectivity index (χ2v) is 10.3. The molecule has 3 amide bonds. The van der Waals surface area contributed by atoms with Crippen LogP contribution in [0.4, 0.5) is 4.39 Å². The summed E-state index contributed by atoms with van der Waals surface area (Å²) in [4.78, 5) is 49.9. The lowest BCUT2D eigenvalue weighted by atomic mass is 9.89. The van der Waals surface area contributed by atoms with Crippen molar-refractivity contribution in [1.29, 1.82) is 0 Å². The van der Waals surface area contributed by atoms with Gasteiger partial charge in [0.15, 0.2) is 5.82 Å². The van der Waals surface area contributed by atoms with E-state index in [4.69, 9.17) is 5.10 Å². The van der Waals surface area contributed by atoms with Crippen molar-refractivity contribution in [2.24, 2.45) is 7.05 Å². The largest absolute Gasteiger partial charge is 0.468 e. The van der Waals surface area contributed by atoms with Crippen LogP contribution in [0.2, 0.25) is 0 Å². The molecule has 4 aromatic rings. The lowest BCUT2D eigenvalue weighted by molar-refractivity contribution is -0.141. The van der Waals surface area contributed by atoms with Crippen LogP contribution < -0.4 is 10.6 Å². The van der Waals surface area contributed by atoms with Crippen molar-refractivity contribution in [2.75, 3.05) is 33.3 Å². The number of hydrogen-bond donors (Lipinski definition) is 2. The Morgan fingerprint density at radius 3 is 2.48 bits per heavy atom. The molecule has 2 aromatic carbocycles. The average Bonchev–Trinajstić information content (AvgIpc) is 3.55. The third kappa shape index (κ3) is 5.67. The van der Waals surface area contributed by atoms with Crippen molar-refractivity contribution in [2.45, 2.75) is 32.2 Å². The second-order valence-electron chi connectivity index (χ2n) is 10.3. The molecule has 0 atom stereocenters. The molecule has 12 nitrogen and oxygen atoms in total. The predicted octanol–water partition coefficient (Wildman–Crippen LogP) is 1.86. The quantitative estimate of drug-likeness (QED) is 0.305. The number of benzene rings is 2. The minimum atomic E-state index is -0.603. The van der Waals surface area contributed by atoms with Crippen molar-refractivity contribution >= 4 is 45.5 Å². The number of carbonyl (C=O) groups excluding carboxylic acids is 4. The van der Waals surface area contributed by atoms with Crippen LogP contribution in [0.25, 0.3) is 32.9 Å². The van der Waals surface area contributed by atoms with Crippen LogP contribution in [0.1, 0.15) is 31.4 Å². The first-order valence-electron chi connectivity index (χ1n) is 13.6. The van der Waals surface area contributed by atoms with E-state index in [1.165, 1.54) is 11.8 Å². The molecule has 42 heavy (non-hydrogen) atoms. The first-order valence-corrected chi connectivity index (χ1v) is 13.6. The van der Waals surface area contributed by atoms with E-state index < -0.39 is 23.6 Å². The number of halogens is 1. The normalized spacial score (nSPS) is 13.9. The Balaban J connectivity index is 1.49. The number of fused-ring (bicyclic) bond motifs is 2. The zero-order valence-electron chi connectivity index (χ0n) is 23.6. The van der Waals surface area contributed by atoms with Gasteiger partial charge in [-0.2, -0.15) is 10.2 Å². The summed E-state index contributed by atoms with van der Waals surface area (Å²) in [5.74, 6) is -2.00. The Bertz CT molecular complexity index is 1690. The van der Waals surface area contributed by atoms with Gasteiger partial charge in [0.05, 0.1) is 31.1 Å². The van der Waals surface area contributed by atoms with Gasteiger partial charge in [-0.25, -0.2) is 4.39 Å². The number of rotatable bonds is 8. The summed E-state index contributed by atoms with van der Waals surface area (Å²) in [5, 5.41) is 15.4. The molecular weight excluding hydrogens is 545 g/mol. The number of aryl methyl sites for hydroxylation is 1. The molecule has 0 bridgehead atoms. The Labute approximate surface area is 240 Å². The molecule has 0 aliphatic carbocycles. The van der Waals surface area contributed by atoms with Gasteiger partial charge >= 0.3 is 5.97 Å². The maximum atomic E-state index is 16.0. The van der Waals surface area contributed by atoms with Crippen LogP contribution in [0, 0.1) is 5.82 Å². The topological polar surface area (TPSA) is 140 Å². The molecule has 2 aromatic heterocycles. The van der Waals surface area contributed by atoms with Crippen molar-refractivity contribution in [1.82, 2.24) is 35.1 Å². The molecule has 220 valence electrons. The maximum Gasteiger partial charge on any atom is 0.325 e. The highest BCUT2D eigenvalue weighted by Crippen LogP contribution is 2.40. The lowest BCUT2D eigenvalue weighted by Gasteiger charge is -2.30. The summed E-state index contributed by atoms with van der Waals surface area (Å²) in [5.41, 5.74) is 2.80. The summed E-state index contributed by atoms with van der Waals surface area (Å²) in [6, 6.07) is 9.02. The summed E-state index contributed by atoms with van der Waals surface area (Å²) in [7, 11) is 2.90. The molecule has 1 saturated heterocycles. The standard InChI is InChI=1S/C29H32FN7O5/c1-17(38)36-11-9-18(10-12-36)28-26-20(21-8-7-19-13-33-35(2)29(19)27(21)30)5-4-6-22(26)37(34-28)16-24(40)31-14-23(39)32-15-25(41)42-3/h4-8,13,18H,9-12,14-16H2,1-3H3,(H,31,40)(H,32,39). The van der Waals surface area contributed by atoms with E-state index in [0.29, 0.717) is 53.5 Å². The number of ether oxygens (including phenoxy) is 1. The van der Waals surface area contributed by atoms with Crippen LogP contribution in [0.5, 0.6) is 0 Å². The first kappa shape index (κ1) is 28.7. The van der Waals surface area contributed by atoms with Crippen LogP contribution in [-0.2, 0) is 37.5 Å². The zero-order valence-corrected chi connectivity index (χ0v) is 23.6. The minimum Gasteiger partial charge on any atom is -0.468 e. The lowest BCUT2D eigenvalue weighted by Crippen LogP contribution is -2.40. The third-order valence-electron chi connectivity index (χ3n) is 7.66. The first-order chi connectivity index (χ1) is 20.2. The van der Waals surface area contributed by atoms with Crippen LogP contribution in [-0.4, -0.2) is 81.4 Å². The molecule has 0 radical (unpaired) electrons. The summed E-state index contributed by atoms with van der Waals surface area (Å²) >= 11 is 0. The van der Waals surface area contributed by atoms with Gasteiger partial charge in [0.25, 0.3) is 0 Å². The summed E-state index contributed by atoms with van der Waals surface area (Å²) in [6.07, 6.45) is 2.97.